The topological polar surface area (TPSA) is 29.1 Å². The summed E-state index contributed by atoms with van der Waals surface area (Å²) >= 11 is 0. The van der Waals surface area contributed by atoms with Crippen LogP contribution in [0.3, 0.4) is 0 Å². The van der Waals surface area contributed by atoms with E-state index in [0.717, 1.165) is 12.1 Å². The zero-order valence-electron chi connectivity index (χ0n) is 11.3. The first-order valence-electron chi connectivity index (χ1n) is 6.66. The molecule has 1 fully saturated rings. The van der Waals surface area contributed by atoms with Crippen LogP contribution in [0.15, 0.2) is 36.4 Å². The molecule has 1 amide bonds. The van der Waals surface area contributed by atoms with E-state index in [2.05, 4.69) is 5.32 Å². The van der Waals surface area contributed by atoms with Gasteiger partial charge in [0.2, 0.25) is 5.91 Å². The second-order valence-corrected chi connectivity index (χ2v) is 5.24. The van der Waals surface area contributed by atoms with Crippen molar-refractivity contribution < 1.29 is 22.4 Å². The molecule has 22 heavy (non-hydrogen) atoms. The van der Waals surface area contributed by atoms with E-state index in [1.165, 1.54) is 18.2 Å². The summed E-state index contributed by atoms with van der Waals surface area (Å²) < 4.78 is 53.5. The Labute approximate surface area is 123 Å². The van der Waals surface area contributed by atoms with E-state index in [-0.39, 0.29) is 5.56 Å². The van der Waals surface area contributed by atoms with E-state index in [9.17, 15) is 22.4 Å². The molecule has 114 valence electrons. The van der Waals surface area contributed by atoms with Gasteiger partial charge in [-0.2, -0.15) is 0 Å². The van der Waals surface area contributed by atoms with Crippen molar-refractivity contribution >= 4 is 11.6 Å². The van der Waals surface area contributed by atoms with Crippen LogP contribution in [0.1, 0.15) is 18.4 Å². The van der Waals surface area contributed by atoms with Gasteiger partial charge in [0.25, 0.3) is 0 Å². The number of carbonyl (C=O) groups is 1. The number of amides is 1. The van der Waals surface area contributed by atoms with Crippen molar-refractivity contribution in [1.82, 2.24) is 0 Å². The zero-order chi connectivity index (χ0) is 15.9. The molecule has 0 bridgehead atoms. The molecule has 1 aliphatic rings. The lowest BCUT2D eigenvalue weighted by Gasteiger charge is -2.17. The first kappa shape index (κ1) is 14.6. The molecule has 0 saturated heterocycles. The second kappa shape index (κ2) is 5.12. The average molecular weight is 309 g/mol. The van der Waals surface area contributed by atoms with Gasteiger partial charge in [0.05, 0.1) is 11.1 Å². The van der Waals surface area contributed by atoms with Crippen LogP contribution in [0.5, 0.6) is 0 Å². The molecular weight excluding hydrogens is 298 g/mol. The van der Waals surface area contributed by atoms with Gasteiger partial charge in [-0.15, -0.1) is 0 Å². The van der Waals surface area contributed by atoms with Gasteiger partial charge >= 0.3 is 0 Å². The van der Waals surface area contributed by atoms with Crippen molar-refractivity contribution in [1.29, 1.82) is 0 Å². The SMILES string of the molecule is O=C(Nc1ccc(F)c(F)c1F)C1(c2ccccc2F)CC1. The highest BCUT2D eigenvalue weighted by molar-refractivity contribution is 6.01. The molecular formula is C16H11F4NO. The van der Waals surface area contributed by atoms with Gasteiger partial charge in [0, 0.05) is 5.56 Å². The first-order valence-corrected chi connectivity index (χ1v) is 6.66. The van der Waals surface area contributed by atoms with Gasteiger partial charge in [0.1, 0.15) is 5.82 Å². The molecule has 0 radical (unpaired) electrons. The highest BCUT2D eigenvalue weighted by Gasteiger charge is 2.52. The monoisotopic (exact) mass is 309 g/mol. The predicted octanol–water partition coefficient (Wildman–Crippen LogP) is 3.91. The molecule has 1 aliphatic carbocycles. The summed E-state index contributed by atoms with van der Waals surface area (Å²) in [6.45, 7) is 0. The third kappa shape index (κ3) is 2.24. The fraction of sp³-hybridized carbons (Fsp3) is 0.188. The van der Waals surface area contributed by atoms with E-state index < -0.39 is 40.3 Å². The van der Waals surface area contributed by atoms with Gasteiger partial charge in [-0.05, 0) is 31.0 Å². The number of nitrogens with one attached hydrogen (secondary N) is 1. The summed E-state index contributed by atoms with van der Waals surface area (Å²) in [6.07, 6.45) is 0.816. The lowest BCUT2D eigenvalue weighted by molar-refractivity contribution is -0.118. The molecule has 2 aromatic carbocycles. The number of hydrogen-bond acceptors (Lipinski definition) is 1. The van der Waals surface area contributed by atoms with Crippen LogP contribution >= 0.6 is 0 Å². The summed E-state index contributed by atoms with van der Waals surface area (Å²) in [6, 6.07) is 7.48. The Morgan fingerprint density at radius 2 is 1.59 bits per heavy atom. The first-order chi connectivity index (χ1) is 10.5. The zero-order valence-corrected chi connectivity index (χ0v) is 11.3. The Morgan fingerprint density at radius 1 is 0.909 bits per heavy atom. The lowest BCUT2D eigenvalue weighted by Crippen LogP contribution is -2.29. The number of rotatable bonds is 3. The van der Waals surface area contributed by atoms with Crippen molar-refractivity contribution in [2.45, 2.75) is 18.3 Å². The lowest BCUT2D eigenvalue weighted by atomic mass is 9.94. The number of anilines is 1. The van der Waals surface area contributed by atoms with Crippen LogP contribution in [0.2, 0.25) is 0 Å². The van der Waals surface area contributed by atoms with Crippen LogP contribution < -0.4 is 5.32 Å². The fourth-order valence-electron chi connectivity index (χ4n) is 2.46. The van der Waals surface area contributed by atoms with Crippen molar-refractivity contribution in [2.75, 3.05) is 5.32 Å². The van der Waals surface area contributed by atoms with Gasteiger partial charge in [0.15, 0.2) is 17.5 Å². The maximum absolute atomic E-state index is 13.9. The Balaban J connectivity index is 1.90. The summed E-state index contributed by atoms with van der Waals surface area (Å²) in [4.78, 5) is 12.3. The standard InChI is InChI=1S/C16H11F4NO/c17-10-4-2-1-3-9(10)16(7-8-16)15(22)21-12-6-5-11(18)13(19)14(12)20/h1-6H,7-8H2,(H,21,22). The molecule has 1 N–H and O–H groups in total. The van der Waals surface area contributed by atoms with Crippen LogP contribution in [0, 0.1) is 23.3 Å². The molecule has 0 unspecified atom stereocenters. The van der Waals surface area contributed by atoms with Gasteiger partial charge in [-0.25, -0.2) is 17.6 Å². The third-order valence-corrected chi connectivity index (χ3v) is 3.86. The van der Waals surface area contributed by atoms with E-state index in [4.69, 9.17) is 0 Å². The van der Waals surface area contributed by atoms with Crippen LogP contribution in [0.4, 0.5) is 23.2 Å². The molecule has 0 aromatic heterocycles. The highest BCUT2D eigenvalue weighted by Crippen LogP contribution is 2.49. The van der Waals surface area contributed by atoms with Gasteiger partial charge in [-0.3, -0.25) is 4.79 Å². The van der Waals surface area contributed by atoms with Crippen LogP contribution in [0.25, 0.3) is 0 Å². The molecule has 0 heterocycles. The van der Waals surface area contributed by atoms with E-state index >= 15 is 0 Å². The van der Waals surface area contributed by atoms with Gasteiger partial charge in [-0.1, -0.05) is 18.2 Å². The molecule has 3 rings (SSSR count). The molecule has 2 aromatic rings. The number of benzene rings is 2. The minimum atomic E-state index is -1.66. The quantitative estimate of drug-likeness (QED) is 0.676. The second-order valence-electron chi connectivity index (χ2n) is 5.24. The number of hydrogen-bond donors (Lipinski definition) is 1. The minimum Gasteiger partial charge on any atom is -0.323 e. The smallest absolute Gasteiger partial charge is 0.235 e. The summed E-state index contributed by atoms with van der Waals surface area (Å²) in [5.74, 6) is -5.64. The molecule has 0 spiro atoms. The van der Waals surface area contributed by atoms with E-state index in [1.807, 2.05) is 0 Å². The number of halogens is 4. The Morgan fingerprint density at radius 3 is 2.23 bits per heavy atom. The largest absolute Gasteiger partial charge is 0.323 e. The molecule has 0 aliphatic heterocycles. The third-order valence-electron chi connectivity index (χ3n) is 3.86. The predicted molar refractivity (Wildman–Crippen MR) is 72.3 cm³/mol. The maximum atomic E-state index is 13.9. The van der Waals surface area contributed by atoms with Gasteiger partial charge < -0.3 is 5.32 Å². The van der Waals surface area contributed by atoms with Crippen molar-refractivity contribution in [3.05, 3.63) is 65.2 Å². The average Bonchev–Trinajstić information content (AvgIpc) is 3.30. The number of carbonyl (C=O) groups excluding carboxylic acids is 1. The summed E-state index contributed by atoms with van der Waals surface area (Å²) in [5, 5.41) is 2.22. The molecule has 0 atom stereocenters. The Bertz CT molecular complexity index is 756. The van der Waals surface area contributed by atoms with Crippen molar-refractivity contribution in [3.8, 4) is 0 Å². The Kier molecular flexibility index (Phi) is 3.39. The van der Waals surface area contributed by atoms with Crippen molar-refractivity contribution in [2.24, 2.45) is 0 Å². The van der Waals surface area contributed by atoms with Crippen LogP contribution in [-0.2, 0) is 10.2 Å². The molecule has 6 heteroatoms. The van der Waals surface area contributed by atoms with E-state index in [1.54, 1.807) is 6.07 Å². The summed E-state index contributed by atoms with van der Waals surface area (Å²) in [7, 11) is 0. The molecule has 2 nitrogen and oxygen atoms in total. The minimum absolute atomic E-state index is 0.218. The normalized spacial score (nSPS) is 15.5. The Hall–Kier alpha value is -2.37. The summed E-state index contributed by atoms with van der Waals surface area (Å²) in [5.41, 5.74) is -1.33. The maximum Gasteiger partial charge on any atom is 0.235 e. The van der Waals surface area contributed by atoms with E-state index in [0.29, 0.717) is 12.8 Å². The molecule has 1 saturated carbocycles. The highest BCUT2D eigenvalue weighted by atomic mass is 19.2. The van der Waals surface area contributed by atoms with Crippen LogP contribution in [-0.4, -0.2) is 5.91 Å². The van der Waals surface area contributed by atoms with Crippen molar-refractivity contribution in [3.63, 3.8) is 0 Å². The fourth-order valence-corrected chi connectivity index (χ4v) is 2.46.